The second-order valence-corrected chi connectivity index (χ2v) is 6.11. The van der Waals surface area contributed by atoms with E-state index in [0.29, 0.717) is 28.5 Å². The number of ether oxygens (including phenoxy) is 2. The first-order chi connectivity index (χ1) is 14.1. The second kappa shape index (κ2) is 9.51. The molecular formula is C19H19N5O4S. The van der Waals surface area contributed by atoms with E-state index in [0.717, 1.165) is 11.3 Å². The van der Waals surface area contributed by atoms with Crippen LogP contribution in [0.4, 0.5) is 0 Å². The van der Waals surface area contributed by atoms with Gasteiger partial charge in [0.15, 0.2) is 12.4 Å². The Morgan fingerprint density at radius 2 is 2.03 bits per heavy atom. The molecule has 0 saturated heterocycles. The van der Waals surface area contributed by atoms with Crippen LogP contribution in [0.25, 0.3) is 11.4 Å². The number of benzene rings is 2. The van der Waals surface area contributed by atoms with Gasteiger partial charge in [0.2, 0.25) is 4.77 Å². The van der Waals surface area contributed by atoms with Crippen molar-refractivity contribution in [3.05, 3.63) is 58.9 Å². The molecule has 150 valence electrons. The lowest BCUT2D eigenvalue weighted by atomic mass is 10.2. The van der Waals surface area contributed by atoms with Gasteiger partial charge >= 0.3 is 5.97 Å². The molecule has 0 aliphatic heterocycles. The van der Waals surface area contributed by atoms with E-state index >= 15 is 0 Å². The van der Waals surface area contributed by atoms with Crippen molar-refractivity contribution >= 4 is 24.4 Å². The third-order valence-corrected chi connectivity index (χ3v) is 4.00. The number of para-hydroxylation sites is 1. The van der Waals surface area contributed by atoms with Gasteiger partial charge in [-0.25, -0.2) is 15.4 Å². The lowest BCUT2D eigenvalue weighted by Gasteiger charge is -2.08. The number of rotatable bonds is 9. The molecule has 1 heterocycles. The van der Waals surface area contributed by atoms with Gasteiger partial charge in [0.1, 0.15) is 11.5 Å². The summed E-state index contributed by atoms with van der Waals surface area (Å²) in [5.41, 5.74) is 4.25. The lowest BCUT2D eigenvalue weighted by Crippen LogP contribution is -2.12. The number of hydrazone groups is 1. The fourth-order valence-corrected chi connectivity index (χ4v) is 2.64. The molecule has 3 aromatic rings. The first kappa shape index (κ1) is 20.1. The molecule has 0 bridgehead atoms. The molecule has 0 fully saturated rings. The highest BCUT2D eigenvalue weighted by Crippen LogP contribution is 2.20. The molecule has 1 aromatic heterocycles. The van der Waals surface area contributed by atoms with E-state index in [9.17, 15) is 4.79 Å². The number of hydrogen-bond acceptors (Lipinski definition) is 7. The third kappa shape index (κ3) is 5.20. The SMILES string of the molecule is CCOc1ccc(-c2n[nH]c(=S)n2N/N=C\c2ccccc2OCC(=O)O)cc1. The summed E-state index contributed by atoms with van der Waals surface area (Å²) in [5, 5.41) is 19.9. The van der Waals surface area contributed by atoms with Crippen LogP contribution in [0.5, 0.6) is 11.5 Å². The Kier molecular flexibility index (Phi) is 6.59. The Hall–Kier alpha value is -3.66. The number of carbonyl (C=O) groups is 1. The number of hydrogen-bond donors (Lipinski definition) is 3. The molecule has 0 unspecified atom stereocenters. The van der Waals surface area contributed by atoms with Crippen molar-refractivity contribution in [2.24, 2.45) is 5.10 Å². The number of aromatic nitrogens is 3. The Bertz CT molecular complexity index is 1060. The minimum absolute atomic E-state index is 0.335. The first-order valence-corrected chi connectivity index (χ1v) is 9.12. The Balaban J connectivity index is 1.78. The summed E-state index contributed by atoms with van der Waals surface area (Å²) in [6.07, 6.45) is 1.51. The molecule has 29 heavy (non-hydrogen) atoms. The van der Waals surface area contributed by atoms with Crippen molar-refractivity contribution in [2.45, 2.75) is 6.92 Å². The minimum Gasteiger partial charge on any atom is -0.494 e. The average Bonchev–Trinajstić information content (AvgIpc) is 3.08. The Morgan fingerprint density at radius 1 is 1.28 bits per heavy atom. The Labute approximate surface area is 171 Å². The van der Waals surface area contributed by atoms with Crippen LogP contribution in [0, 0.1) is 4.77 Å². The second-order valence-electron chi connectivity index (χ2n) is 5.72. The van der Waals surface area contributed by atoms with E-state index in [-0.39, 0.29) is 0 Å². The molecule has 2 aromatic carbocycles. The predicted octanol–water partition coefficient (Wildman–Crippen LogP) is 3.05. The van der Waals surface area contributed by atoms with Gasteiger partial charge in [0.05, 0.1) is 12.8 Å². The van der Waals surface area contributed by atoms with Gasteiger partial charge in [-0.05, 0) is 55.5 Å². The average molecular weight is 413 g/mol. The molecule has 0 radical (unpaired) electrons. The summed E-state index contributed by atoms with van der Waals surface area (Å²) >= 11 is 5.26. The zero-order valence-electron chi connectivity index (χ0n) is 15.5. The minimum atomic E-state index is -1.06. The number of nitrogens with one attached hydrogen (secondary N) is 2. The zero-order chi connectivity index (χ0) is 20.6. The van der Waals surface area contributed by atoms with Crippen LogP contribution in [-0.4, -0.2) is 45.4 Å². The molecule has 10 heteroatoms. The first-order valence-electron chi connectivity index (χ1n) is 8.72. The third-order valence-electron chi connectivity index (χ3n) is 3.73. The van der Waals surface area contributed by atoms with Gasteiger partial charge in [0.25, 0.3) is 0 Å². The summed E-state index contributed by atoms with van der Waals surface area (Å²) in [7, 11) is 0. The molecule has 0 aliphatic carbocycles. The van der Waals surface area contributed by atoms with E-state index < -0.39 is 12.6 Å². The van der Waals surface area contributed by atoms with Crippen molar-refractivity contribution in [3.8, 4) is 22.9 Å². The molecule has 0 saturated carbocycles. The highest BCUT2D eigenvalue weighted by Gasteiger charge is 2.09. The number of H-pyrrole nitrogens is 1. The van der Waals surface area contributed by atoms with Gasteiger partial charge in [-0.15, -0.1) is 0 Å². The lowest BCUT2D eigenvalue weighted by molar-refractivity contribution is -0.139. The van der Waals surface area contributed by atoms with Crippen LogP contribution in [-0.2, 0) is 4.79 Å². The van der Waals surface area contributed by atoms with E-state index in [1.165, 1.54) is 10.9 Å². The fraction of sp³-hybridized carbons (Fsp3) is 0.158. The molecular weight excluding hydrogens is 394 g/mol. The smallest absolute Gasteiger partial charge is 0.341 e. The molecule has 0 amide bonds. The molecule has 0 aliphatic rings. The summed E-state index contributed by atoms with van der Waals surface area (Å²) in [5.74, 6) is 0.661. The summed E-state index contributed by atoms with van der Waals surface area (Å²) in [6.45, 7) is 2.07. The maximum Gasteiger partial charge on any atom is 0.341 e. The van der Waals surface area contributed by atoms with E-state index in [1.54, 1.807) is 24.3 Å². The van der Waals surface area contributed by atoms with E-state index in [2.05, 4.69) is 20.8 Å². The molecule has 0 atom stereocenters. The summed E-state index contributed by atoms with van der Waals surface area (Å²) in [4.78, 5) is 10.7. The molecule has 0 spiro atoms. The van der Waals surface area contributed by atoms with Gasteiger partial charge in [0, 0.05) is 11.1 Å². The van der Waals surface area contributed by atoms with Crippen LogP contribution >= 0.6 is 12.2 Å². The van der Waals surface area contributed by atoms with E-state index in [1.807, 2.05) is 31.2 Å². The highest BCUT2D eigenvalue weighted by atomic mass is 32.1. The van der Waals surface area contributed by atoms with Crippen LogP contribution in [0.3, 0.4) is 0 Å². The number of carboxylic acids is 1. The molecule has 3 rings (SSSR count). The molecule has 9 nitrogen and oxygen atoms in total. The standard InChI is InChI=1S/C19H19N5O4S/c1-2-27-15-9-7-13(8-10-15)18-21-22-19(29)24(18)23-20-11-14-5-3-4-6-16(14)28-12-17(25)26/h3-11,23H,2,12H2,1H3,(H,22,29)(H,25,26)/b20-11-. The fourth-order valence-electron chi connectivity index (χ4n) is 2.46. The van der Waals surface area contributed by atoms with Crippen molar-refractivity contribution < 1.29 is 19.4 Å². The highest BCUT2D eigenvalue weighted by molar-refractivity contribution is 7.71. The van der Waals surface area contributed by atoms with Gasteiger partial charge < -0.3 is 14.6 Å². The van der Waals surface area contributed by atoms with Crippen molar-refractivity contribution in [1.29, 1.82) is 0 Å². The van der Waals surface area contributed by atoms with Crippen LogP contribution < -0.4 is 15.0 Å². The largest absolute Gasteiger partial charge is 0.494 e. The van der Waals surface area contributed by atoms with Crippen LogP contribution in [0.1, 0.15) is 12.5 Å². The normalized spacial score (nSPS) is 10.8. The number of nitrogens with zero attached hydrogens (tertiary/aromatic N) is 3. The van der Waals surface area contributed by atoms with Crippen LogP contribution in [0.2, 0.25) is 0 Å². The maximum atomic E-state index is 10.7. The summed E-state index contributed by atoms with van der Waals surface area (Å²) in [6, 6.07) is 14.4. The maximum absolute atomic E-state index is 10.7. The monoisotopic (exact) mass is 413 g/mol. The van der Waals surface area contributed by atoms with Crippen molar-refractivity contribution in [3.63, 3.8) is 0 Å². The number of carboxylic acid groups (broad SMARTS) is 1. The van der Waals surface area contributed by atoms with Gasteiger partial charge in [-0.3, -0.25) is 0 Å². The zero-order valence-corrected chi connectivity index (χ0v) is 16.3. The van der Waals surface area contributed by atoms with Gasteiger partial charge in [-0.2, -0.15) is 14.9 Å². The van der Waals surface area contributed by atoms with Crippen LogP contribution in [0.15, 0.2) is 53.6 Å². The Morgan fingerprint density at radius 3 is 2.76 bits per heavy atom. The van der Waals surface area contributed by atoms with Crippen molar-refractivity contribution in [1.82, 2.24) is 14.9 Å². The predicted molar refractivity (Wildman–Crippen MR) is 111 cm³/mol. The molecule has 3 N–H and O–H groups in total. The van der Waals surface area contributed by atoms with E-state index in [4.69, 9.17) is 26.8 Å². The number of aromatic amines is 1. The summed E-state index contributed by atoms with van der Waals surface area (Å²) < 4.78 is 12.6. The topological polar surface area (TPSA) is 114 Å². The van der Waals surface area contributed by atoms with Crippen molar-refractivity contribution in [2.75, 3.05) is 18.7 Å². The quantitative estimate of drug-likeness (QED) is 0.281. The number of aliphatic carboxylic acids is 1. The van der Waals surface area contributed by atoms with Gasteiger partial charge in [-0.1, -0.05) is 12.1 Å².